The van der Waals surface area contributed by atoms with Crippen molar-refractivity contribution in [1.29, 1.82) is 0 Å². The summed E-state index contributed by atoms with van der Waals surface area (Å²) in [7, 11) is 1.23. The van der Waals surface area contributed by atoms with E-state index in [9.17, 15) is 45.5 Å². The van der Waals surface area contributed by atoms with Crippen molar-refractivity contribution in [1.82, 2.24) is 24.8 Å². The molecule has 6 heterocycles. The topological polar surface area (TPSA) is 138 Å². The number of imide groups is 1. The molecule has 59 heavy (non-hydrogen) atoms. The zero-order valence-electron chi connectivity index (χ0n) is 33.3. The van der Waals surface area contributed by atoms with Crippen LogP contribution in [0.3, 0.4) is 0 Å². The summed E-state index contributed by atoms with van der Waals surface area (Å²) in [6.45, 7) is 9.82. The average Bonchev–Trinajstić information content (AvgIpc) is 3.84. The van der Waals surface area contributed by atoms with Gasteiger partial charge in [-0.25, -0.2) is 4.98 Å². The van der Waals surface area contributed by atoms with Gasteiger partial charge in [-0.3, -0.25) is 29.1 Å². The molecule has 0 saturated heterocycles. The minimum Gasteiger partial charge on any atom is -0.469 e. The number of carbonyl (C=O) groups excluding carboxylic acids is 4. The summed E-state index contributed by atoms with van der Waals surface area (Å²) in [5, 5.41) is 0. The van der Waals surface area contributed by atoms with E-state index in [0.29, 0.717) is 62.8 Å². The standard InChI is InChI=1S/C43H41F6N5O5/c1-8-26-18(2)28-16-33-35(22(6)55)20(4)30(51-33)14-29-19(3)27(9-10-34(56)59-7)38(52-29)37-39-36(21(5)31(53-39)15-32(26)50-28)40(57)54(41(37)58)17-23-11-24(42(44,45)46)13-25(12-23)43(47,48)49/h11-16,18-19,26-27,50,53H,8-10,17H2,1-7H3/t18-,19+,26-,27+/m1/s1. The van der Waals surface area contributed by atoms with Crippen molar-refractivity contribution in [2.24, 2.45) is 0 Å². The summed E-state index contributed by atoms with van der Waals surface area (Å²) >= 11 is 0. The van der Waals surface area contributed by atoms with Crippen LogP contribution in [0, 0.1) is 6.92 Å². The molecule has 0 unspecified atom stereocenters. The molecule has 4 aliphatic heterocycles. The van der Waals surface area contributed by atoms with Crippen LogP contribution in [0.25, 0.3) is 22.2 Å². The number of nitrogens with zero attached hydrogens (tertiary/aromatic N) is 3. The Hall–Kier alpha value is -5.80. The van der Waals surface area contributed by atoms with Crippen LogP contribution in [0.4, 0.5) is 26.3 Å². The number of Topliss-reactive ketones (excluding diaryl/α,β-unsaturated/α-hetero) is 1. The maximum absolute atomic E-state index is 14.9. The van der Waals surface area contributed by atoms with Gasteiger partial charge in [0.25, 0.3) is 11.8 Å². The lowest BCUT2D eigenvalue weighted by Gasteiger charge is -2.27. The number of hydrogen-bond acceptors (Lipinski definition) is 7. The number of carbonyl (C=O) groups is 4. The van der Waals surface area contributed by atoms with Gasteiger partial charge in [0.1, 0.15) is 0 Å². The quantitative estimate of drug-likeness (QED) is 0.138. The van der Waals surface area contributed by atoms with E-state index < -0.39 is 65.2 Å². The molecule has 1 aromatic carbocycles. The highest BCUT2D eigenvalue weighted by Gasteiger charge is 2.43. The van der Waals surface area contributed by atoms with Crippen LogP contribution in [-0.4, -0.2) is 55.5 Å². The highest BCUT2D eigenvalue weighted by molar-refractivity contribution is 6.27. The van der Waals surface area contributed by atoms with Gasteiger partial charge in [0.05, 0.1) is 58.5 Å². The number of allylic oxidation sites excluding steroid dienone is 2. The first-order chi connectivity index (χ1) is 27.6. The number of alkyl halides is 6. The molecule has 2 N–H and O–H groups in total. The number of ketones is 1. The number of amides is 2. The van der Waals surface area contributed by atoms with Gasteiger partial charge in [-0.15, -0.1) is 0 Å². The second kappa shape index (κ2) is 14.8. The predicted octanol–water partition coefficient (Wildman–Crippen LogP) is 9.84. The zero-order chi connectivity index (χ0) is 43.0. The van der Waals surface area contributed by atoms with Gasteiger partial charge < -0.3 is 14.7 Å². The smallest absolute Gasteiger partial charge is 0.416 e. The summed E-state index contributed by atoms with van der Waals surface area (Å²) in [6.07, 6.45) is -9.62. The molecule has 10 nitrogen and oxygen atoms in total. The Morgan fingerprint density at radius 3 is 2.05 bits per heavy atom. The molecular formula is C43H41F6N5O5. The van der Waals surface area contributed by atoms with Crippen molar-refractivity contribution in [3.05, 3.63) is 104 Å². The Kier molecular flexibility index (Phi) is 10.4. The van der Waals surface area contributed by atoms with Gasteiger partial charge in [-0.1, -0.05) is 20.8 Å². The van der Waals surface area contributed by atoms with E-state index in [1.165, 1.54) is 14.0 Å². The number of rotatable bonds is 7. The van der Waals surface area contributed by atoms with Gasteiger partial charge in [0.15, 0.2) is 5.78 Å². The third-order valence-corrected chi connectivity index (χ3v) is 12.0. The van der Waals surface area contributed by atoms with Crippen molar-refractivity contribution in [2.45, 2.75) is 103 Å². The Morgan fingerprint density at radius 1 is 0.814 bits per heavy atom. The molecule has 0 aliphatic carbocycles. The number of halogens is 6. The fourth-order valence-electron chi connectivity index (χ4n) is 8.76. The van der Waals surface area contributed by atoms with E-state index in [-0.39, 0.29) is 58.9 Å². The van der Waals surface area contributed by atoms with Crippen LogP contribution >= 0.6 is 0 Å². The predicted molar refractivity (Wildman–Crippen MR) is 205 cm³/mol. The van der Waals surface area contributed by atoms with E-state index in [4.69, 9.17) is 14.7 Å². The fourth-order valence-corrected chi connectivity index (χ4v) is 8.76. The molecule has 310 valence electrons. The number of fused-ring (bicyclic) bond motifs is 8. The number of nitrogens with one attached hydrogen (secondary N) is 2. The number of benzene rings is 1. The average molecular weight is 822 g/mol. The third-order valence-electron chi connectivity index (χ3n) is 12.0. The Balaban J connectivity index is 1.57. The van der Waals surface area contributed by atoms with Crippen LogP contribution in [0.1, 0.15) is 155 Å². The maximum Gasteiger partial charge on any atom is 0.416 e. The second-order valence-corrected chi connectivity index (χ2v) is 15.5. The summed E-state index contributed by atoms with van der Waals surface area (Å²) in [6, 6.07) is 6.33. The van der Waals surface area contributed by atoms with Crippen LogP contribution in [-0.2, 0) is 33.2 Å². The van der Waals surface area contributed by atoms with E-state index in [1.807, 2.05) is 32.9 Å². The van der Waals surface area contributed by atoms with Gasteiger partial charge in [-0.2, -0.15) is 26.3 Å². The Labute approximate surface area is 334 Å². The van der Waals surface area contributed by atoms with Crippen LogP contribution in [0.5, 0.6) is 0 Å². The van der Waals surface area contributed by atoms with E-state index >= 15 is 0 Å². The maximum atomic E-state index is 14.9. The first-order valence-corrected chi connectivity index (χ1v) is 19.1. The number of aromatic nitrogens is 4. The summed E-state index contributed by atoms with van der Waals surface area (Å²) in [5.41, 5.74) is 1.08. The molecule has 4 atom stereocenters. The van der Waals surface area contributed by atoms with Crippen molar-refractivity contribution >= 4 is 45.7 Å². The Bertz CT molecular complexity index is 2530. The monoisotopic (exact) mass is 821 g/mol. The highest BCUT2D eigenvalue weighted by atomic mass is 19.4. The van der Waals surface area contributed by atoms with Crippen molar-refractivity contribution in [3.8, 4) is 0 Å². The largest absolute Gasteiger partial charge is 0.469 e. The molecule has 0 saturated carbocycles. The lowest BCUT2D eigenvalue weighted by Crippen LogP contribution is -2.40. The minimum atomic E-state index is -5.17. The summed E-state index contributed by atoms with van der Waals surface area (Å²) < 4.78 is 88.6. The highest BCUT2D eigenvalue weighted by Crippen LogP contribution is 2.46. The van der Waals surface area contributed by atoms with Gasteiger partial charge in [0.2, 0.25) is 0 Å². The molecule has 7 rings (SSSR count). The molecule has 8 bridgehead atoms. The number of ether oxygens (including phenoxy) is 1. The molecule has 0 fully saturated rings. The van der Waals surface area contributed by atoms with Crippen molar-refractivity contribution in [3.63, 3.8) is 0 Å². The number of aryl methyl sites for hydroxylation is 1. The normalized spacial score (nSPS) is 20.0. The number of methoxy groups -OCH3 is 1. The van der Waals surface area contributed by atoms with Crippen LogP contribution in [0.2, 0.25) is 0 Å². The number of esters is 1. The van der Waals surface area contributed by atoms with Crippen molar-refractivity contribution < 1.29 is 50.3 Å². The van der Waals surface area contributed by atoms with Gasteiger partial charge in [0, 0.05) is 58.3 Å². The molecule has 16 heteroatoms. The second-order valence-electron chi connectivity index (χ2n) is 15.5. The molecule has 3 aromatic rings. The van der Waals surface area contributed by atoms with Gasteiger partial charge >= 0.3 is 18.3 Å². The summed E-state index contributed by atoms with van der Waals surface area (Å²) in [4.78, 5) is 72.2. The van der Waals surface area contributed by atoms with Crippen molar-refractivity contribution in [2.75, 3.05) is 7.11 Å². The third kappa shape index (κ3) is 7.20. The van der Waals surface area contributed by atoms with E-state index in [2.05, 4.69) is 9.97 Å². The van der Waals surface area contributed by atoms with Crippen LogP contribution < -0.4 is 0 Å². The number of H-pyrrole nitrogens is 2. The molecule has 0 spiro atoms. The lowest BCUT2D eigenvalue weighted by atomic mass is 9.84. The van der Waals surface area contributed by atoms with E-state index in [1.54, 1.807) is 19.9 Å². The zero-order valence-corrected chi connectivity index (χ0v) is 33.3. The molecule has 0 radical (unpaired) electrons. The first kappa shape index (κ1) is 41.4. The fraction of sp³-hybridized carbons (Fsp3) is 0.395. The molecule has 4 aliphatic rings. The van der Waals surface area contributed by atoms with Gasteiger partial charge in [-0.05, 0) is 86.7 Å². The molecule has 2 aromatic heterocycles. The molecular weight excluding hydrogens is 780 g/mol. The van der Waals surface area contributed by atoms with Crippen LogP contribution in [0.15, 0.2) is 36.4 Å². The Morgan fingerprint density at radius 2 is 1.46 bits per heavy atom. The first-order valence-electron chi connectivity index (χ1n) is 19.1. The number of hydrogen-bond donors (Lipinski definition) is 2. The SMILES string of the molecule is CC[C@H]1c2cc3[nH]c4c(c5nc(cc6nc(cc([nH]2)[C@@H]1C)C(C(C)=O)=C6C)[C@@H](C)[C@@H]5CCC(=O)OC)C(=O)N(Cc1cc(C(F)(F)F)cc(C(F)(F)F)c1)C(=O)c4c3C. The lowest BCUT2D eigenvalue weighted by molar-refractivity contribution is -0.143. The minimum absolute atomic E-state index is 0.00277. The van der Waals surface area contributed by atoms with E-state index in [0.717, 1.165) is 11.4 Å². The number of aromatic amines is 2. The summed E-state index contributed by atoms with van der Waals surface area (Å²) in [5.74, 6) is -3.94. The molecule has 2 amide bonds.